The second-order valence-corrected chi connectivity index (χ2v) is 9.87. The molecule has 0 aliphatic rings. The molecule has 0 saturated heterocycles. The minimum Gasteiger partial charge on any atom is -0.790 e. The van der Waals surface area contributed by atoms with Gasteiger partial charge in [-0.25, -0.2) is 0 Å². The molecular formula is C32H62NNa2O9P. The first-order chi connectivity index (χ1) is 20.7. The molecule has 2 N–H and O–H groups in total. The number of carbonyl (C=O) groups excluding carboxylic acids is 2. The number of terminal acetylenes is 1. The zero-order chi connectivity index (χ0) is 32.4. The summed E-state index contributed by atoms with van der Waals surface area (Å²) in [5.41, 5.74) is 0. The van der Waals surface area contributed by atoms with E-state index in [4.69, 9.17) is 16.3 Å². The zero-order valence-electron chi connectivity index (χ0n) is 26.9. The van der Waals surface area contributed by atoms with Crippen molar-refractivity contribution in [2.75, 3.05) is 20.0 Å². The summed E-state index contributed by atoms with van der Waals surface area (Å²) in [6, 6.07) is 2.33. The number of nitrogens with one attached hydrogen (secondary N) is 1. The van der Waals surface area contributed by atoms with Crippen molar-refractivity contribution in [2.24, 2.45) is 0 Å². The number of phosphoric ester groups is 1. The Hall–Kier alpha value is -1.67. The number of phosphoric acid groups is 1. The third kappa shape index (κ3) is 46.9. The molecule has 1 amide bonds. The van der Waals surface area contributed by atoms with Gasteiger partial charge < -0.3 is 33.5 Å². The number of aliphatic hydroxyl groups is 1. The van der Waals surface area contributed by atoms with Crippen LogP contribution in [0.2, 0.25) is 0 Å². The number of rotatable bonds is 19. The number of amides is 1. The first-order valence-corrected chi connectivity index (χ1v) is 15.4. The first kappa shape index (κ1) is 50.2. The number of hydrogen-bond acceptors (Lipinski definition) is 9. The van der Waals surface area contributed by atoms with E-state index < -0.39 is 33.3 Å². The topological polar surface area (TPSA) is 157 Å². The van der Waals surface area contributed by atoms with Crippen molar-refractivity contribution in [1.29, 1.82) is 0 Å². The van der Waals surface area contributed by atoms with Gasteiger partial charge in [-0.1, -0.05) is 71.1 Å². The Balaban J connectivity index is -0.0000000401. The molecule has 0 radical (unpaired) electrons. The monoisotopic (exact) mass is 681 g/mol. The molecule has 45 heavy (non-hydrogen) atoms. The Kier molecular flexibility index (Phi) is 43.0. The van der Waals surface area contributed by atoms with E-state index in [1.54, 1.807) is 0 Å². The van der Waals surface area contributed by atoms with Gasteiger partial charge in [0.2, 0.25) is 5.91 Å². The number of unbranched alkanes of at least 4 members (excludes halogenated alkanes) is 10. The van der Waals surface area contributed by atoms with Crippen LogP contribution in [-0.4, -0.2) is 43.1 Å². The van der Waals surface area contributed by atoms with Crippen LogP contribution < -0.4 is 74.2 Å². The molecule has 0 aromatic heterocycles. The number of hydrogen-bond donors (Lipinski definition) is 2. The fourth-order valence-electron chi connectivity index (χ4n) is 3.06. The van der Waals surface area contributed by atoms with Crippen molar-refractivity contribution in [1.82, 2.24) is 5.32 Å². The molecule has 0 aromatic carbocycles. The Bertz CT molecular complexity index is 1240. The molecule has 13 heteroatoms. The van der Waals surface area contributed by atoms with Gasteiger partial charge in [0.15, 0.2) is 0 Å². The third-order valence-corrected chi connectivity index (χ3v) is 5.43. The average Bonchev–Trinajstić information content (AvgIpc) is 2.95. The second-order valence-electron chi connectivity index (χ2n) is 8.72. The molecule has 0 bridgehead atoms. The quantitative estimate of drug-likeness (QED) is 0.0327. The van der Waals surface area contributed by atoms with Crippen molar-refractivity contribution in [3.05, 3.63) is 0 Å². The van der Waals surface area contributed by atoms with E-state index >= 15 is 0 Å². The number of aliphatic hydroxyl groups excluding tert-OH is 1. The van der Waals surface area contributed by atoms with E-state index in [1.165, 1.54) is 51.9 Å². The molecular weight excluding hydrogens is 619 g/mol. The number of ether oxygens (including phenoxy) is 2. The Morgan fingerprint density at radius 2 is 1.29 bits per heavy atom. The molecule has 0 fully saturated rings. The maximum Gasteiger partial charge on any atom is 1.00 e. The molecule has 0 rings (SSSR count). The van der Waals surface area contributed by atoms with Crippen LogP contribution in [0.25, 0.3) is 0 Å². The third-order valence-electron chi connectivity index (χ3n) is 4.97. The normalized spacial score (nSPS) is 9.42. The number of carbonyl (C=O) groups is 2. The predicted octanol–water partition coefficient (Wildman–Crippen LogP) is -1.14. The molecule has 0 aromatic rings. The van der Waals surface area contributed by atoms with Crippen LogP contribution in [0.5, 0.6) is 0 Å². The van der Waals surface area contributed by atoms with Crippen LogP contribution >= 0.6 is 7.82 Å². The predicted molar refractivity (Wildman–Crippen MR) is 182 cm³/mol. The van der Waals surface area contributed by atoms with Gasteiger partial charge >= 0.3 is 65.1 Å². The van der Waals surface area contributed by atoms with Gasteiger partial charge in [0.25, 0.3) is 0 Å². The smallest absolute Gasteiger partial charge is 0.790 e. The van der Waals surface area contributed by atoms with Crippen LogP contribution in [0.15, 0.2) is 0 Å². The summed E-state index contributed by atoms with van der Waals surface area (Å²) in [5, 5.41) is 10.9. The Labute approximate surface area is 329 Å². The minimum atomic E-state index is -5.15. The minimum absolute atomic E-state index is 0. The van der Waals surface area contributed by atoms with E-state index in [0.717, 1.165) is 19.3 Å². The van der Waals surface area contributed by atoms with Crippen molar-refractivity contribution in [2.45, 2.75) is 97.0 Å². The number of esters is 1. The SMILES string of the molecule is C#CC#CC#CC#CC#CC#CNC(C)=O.CCCCCCCCCCCCCC(=O)O[C@@H](COCO)COP(=O)([O-])[O-].[HH].[HH].[HH].[HH].[HH].[HH].[HH].[HH].[HH].[HH].[HH].[Na+].[Na+]. The molecule has 0 aliphatic carbocycles. The van der Waals surface area contributed by atoms with Crippen molar-refractivity contribution >= 4 is 19.7 Å². The van der Waals surface area contributed by atoms with Crippen molar-refractivity contribution in [3.63, 3.8) is 0 Å². The van der Waals surface area contributed by atoms with Gasteiger partial charge in [-0.3, -0.25) is 14.9 Å². The fourth-order valence-corrected chi connectivity index (χ4v) is 3.41. The summed E-state index contributed by atoms with van der Waals surface area (Å²) in [7, 11) is -5.15. The van der Waals surface area contributed by atoms with Crippen LogP contribution in [-0.2, 0) is 28.2 Å². The van der Waals surface area contributed by atoms with Gasteiger partial charge in [-0.15, -0.1) is 6.42 Å². The van der Waals surface area contributed by atoms with Crippen LogP contribution in [0, 0.1) is 71.7 Å². The van der Waals surface area contributed by atoms with E-state index in [-0.39, 0.29) is 93.7 Å². The molecule has 0 aliphatic heterocycles. The maximum atomic E-state index is 11.8. The first-order valence-electron chi connectivity index (χ1n) is 13.9. The summed E-state index contributed by atoms with van der Waals surface area (Å²) in [5.74, 6) is 23.0. The van der Waals surface area contributed by atoms with E-state index in [0.29, 0.717) is 6.42 Å². The summed E-state index contributed by atoms with van der Waals surface area (Å²) in [4.78, 5) is 43.1. The molecule has 0 heterocycles. The molecule has 0 unspecified atom stereocenters. The van der Waals surface area contributed by atoms with E-state index in [9.17, 15) is 23.9 Å². The standard InChI is InChI=1S/C18H37O8P.C14H5NO.2Na.11H2/c1-2-3-4-5-6-7-8-9-10-11-12-13-18(20)26-17(14-24-16-19)15-25-27(21,22)23;1-3-4-5-6-7-8-9-10-11-12-13-15-14(2)16;;;;;;;;;;;;;/h17,19H,2-16H2,1H3,(H2,21,22,23);1H,2H3,(H,15,16);;;11*1H/q;;2*+1;;;;;;;;;;;/p-2/t17-;;;;;;;;;;;;;;/m0............../s1. The summed E-state index contributed by atoms with van der Waals surface area (Å²) in [6.45, 7) is 2.09. The zero-order valence-corrected chi connectivity index (χ0v) is 31.8. The van der Waals surface area contributed by atoms with Crippen molar-refractivity contribution < 1.29 is 118 Å². The Morgan fingerprint density at radius 1 is 0.822 bits per heavy atom. The molecule has 10 nitrogen and oxygen atoms in total. The fraction of sp³-hybridized carbons (Fsp3) is 0.562. The van der Waals surface area contributed by atoms with Gasteiger partial charge in [0.05, 0.1) is 21.0 Å². The molecule has 0 spiro atoms. The largest absolute Gasteiger partial charge is 1.00 e. The second kappa shape index (κ2) is 38.5. The van der Waals surface area contributed by atoms with Crippen LogP contribution in [0.4, 0.5) is 0 Å². The van der Waals surface area contributed by atoms with E-state index in [1.807, 2.05) is 0 Å². The van der Waals surface area contributed by atoms with E-state index in [2.05, 4.69) is 86.7 Å². The maximum absolute atomic E-state index is 11.8. The van der Waals surface area contributed by atoms with Gasteiger partial charge in [-0.2, -0.15) is 0 Å². The Morgan fingerprint density at radius 3 is 1.73 bits per heavy atom. The van der Waals surface area contributed by atoms with Gasteiger partial charge in [0, 0.05) is 64.7 Å². The molecule has 256 valence electrons. The van der Waals surface area contributed by atoms with Crippen LogP contribution in [0.1, 0.15) is 107 Å². The van der Waals surface area contributed by atoms with Crippen LogP contribution in [0.3, 0.4) is 0 Å². The van der Waals surface area contributed by atoms with Gasteiger partial charge in [0.1, 0.15) is 12.9 Å². The summed E-state index contributed by atoms with van der Waals surface area (Å²) < 4.78 is 24.3. The molecule has 0 saturated carbocycles. The molecule has 1 atom stereocenters. The summed E-state index contributed by atoms with van der Waals surface area (Å²) in [6.07, 6.45) is 16.9. The average molecular weight is 682 g/mol. The van der Waals surface area contributed by atoms with Crippen molar-refractivity contribution in [3.8, 4) is 71.7 Å². The summed E-state index contributed by atoms with van der Waals surface area (Å²) >= 11 is 0. The van der Waals surface area contributed by atoms with Gasteiger partial charge in [-0.05, 0) is 36.0 Å².